The summed E-state index contributed by atoms with van der Waals surface area (Å²) in [5.74, 6) is 0.408. The minimum atomic E-state index is -4.15. The molecule has 6 bridgehead atoms. The molecule has 11 heteroatoms. The maximum Gasteiger partial charge on any atom is 0.264 e. The van der Waals surface area contributed by atoms with Gasteiger partial charge in [-0.3, -0.25) is 13.9 Å². The molecule has 2 amide bonds. The van der Waals surface area contributed by atoms with Gasteiger partial charge in [0.15, 0.2) is 0 Å². The number of amides is 2. The van der Waals surface area contributed by atoms with E-state index in [1.54, 1.807) is 29.2 Å². The molecule has 1 spiro atoms. The number of hydrogen-bond donors (Lipinski definition) is 1. The third-order valence-electron chi connectivity index (χ3n) is 9.62. The van der Waals surface area contributed by atoms with E-state index < -0.39 is 15.4 Å². The molecule has 7 rings (SSSR count). The lowest BCUT2D eigenvalue weighted by Crippen LogP contribution is -2.49. The molecular weight excluding hydrogens is 576 g/mol. The van der Waals surface area contributed by atoms with Crippen LogP contribution in [0.1, 0.15) is 36.5 Å². The summed E-state index contributed by atoms with van der Waals surface area (Å²) in [7, 11) is -2.65. The Morgan fingerprint density at radius 2 is 1.71 bits per heavy atom. The van der Waals surface area contributed by atoms with Gasteiger partial charge in [-0.1, -0.05) is 42.8 Å². The molecule has 3 saturated heterocycles. The molecule has 5 aliphatic rings. The van der Waals surface area contributed by atoms with E-state index in [1.165, 1.54) is 29.6 Å². The minimum Gasteiger partial charge on any atom is -0.495 e. The number of hydrogen-bond acceptors (Lipinski definition) is 6. The average molecular weight is 613 g/mol. The van der Waals surface area contributed by atoms with Gasteiger partial charge in [-0.25, -0.2) is 8.42 Å². The lowest BCUT2D eigenvalue weighted by molar-refractivity contribution is -0.143. The van der Waals surface area contributed by atoms with Crippen LogP contribution in [0.2, 0.25) is 5.02 Å². The van der Waals surface area contributed by atoms with Gasteiger partial charge in [-0.2, -0.15) is 0 Å². The van der Waals surface area contributed by atoms with Crippen molar-refractivity contribution >= 4 is 39.1 Å². The number of para-hydroxylation sites is 2. The summed E-state index contributed by atoms with van der Waals surface area (Å²) < 4.78 is 35.3. The highest BCUT2D eigenvalue weighted by atomic mass is 35.5. The van der Waals surface area contributed by atoms with Crippen molar-refractivity contribution in [3.63, 3.8) is 0 Å². The van der Waals surface area contributed by atoms with Gasteiger partial charge in [-0.05, 0) is 62.7 Å². The van der Waals surface area contributed by atoms with Crippen molar-refractivity contribution in [1.82, 2.24) is 15.1 Å². The zero-order valence-corrected chi connectivity index (χ0v) is 25.6. The fraction of sp³-hybridized carbons (Fsp3) is 0.484. The van der Waals surface area contributed by atoms with Gasteiger partial charge < -0.3 is 19.9 Å². The Morgan fingerprint density at radius 1 is 1.00 bits per heavy atom. The molecule has 0 aromatic heterocycles. The highest BCUT2D eigenvalue weighted by Crippen LogP contribution is 2.46. The summed E-state index contributed by atoms with van der Waals surface area (Å²) in [6.45, 7) is 5.87. The number of carbonyl (C=O) groups is 2. The van der Waals surface area contributed by atoms with Gasteiger partial charge >= 0.3 is 0 Å². The lowest BCUT2D eigenvalue weighted by Gasteiger charge is -2.39. The molecule has 0 radical (unpaired) electrons. The number of fused-ring (bicyclic) bond motifs is 4. The number of nitrogens with zero attached hydrogens (tertiary/aromatic N) is 3. The third-order valence-corrected chi connectivity index (χ3v) is 11.7. The zero-order valence-electron chi connectivity index (χ0n) is 24.0. The Balaban J connectivity index is 1.47. The summed E-state index contributed by atoms with van der Waals surface area (Å²) in [5, 5.41) is 3.59. The van der Waals surface area contributed by atoms with Crippen molar-refractivity contribution in [3.8, 4) is 5.75 Å². The second-order valence-electron chi connectivity index (χ2n) is 12.3. The quantitative estimate of drug-likeness (QED) is 0.518. The van der Waals surface area contributed by atoms with Crippen LogP contribution in [0.3, 0.4) is 0 Å². The van der Waals surface area contributed by atoms with Crippen LogP contribution in [0.25, 0.3) is 0 Å². The number of carbonyl (C=O) groups excluding carboxylic acids is 2. The van der Waals surface area contributed by atoms with Crippen molar-refractivity contribution < 1.29 is 22.7 Å². The second-order valence-corrected chi connectivity index (χ2v) is 14.5. The smallest absolute Gasteiger partial charge is 0.264 e. The first-order chi connectivity index (χ1) is 20.1. The van der Waals surface area contributed by atoms with Crippen molar-refractivity contribution in [2.45, 2.75) is 31.1 Å². The molecular formula is C31H37ClN4O5S. The average Bonchev–Trinajstić information content (AvgIpc) is 3.48. The molecule has 2 aromatic carbocycles. The number of methoxy groups -OCH3 is 1. The van der Waals surface area contributed by atoms with E-state index in [0.717, 1.165) is 25.9 Å². The molecule has 2 atom stereocenters. The molecule has 2 aromatic rings. The number of halogens is 1. The van der Waals surface area contributed by atoms with Crippen LogP contribution < -0.4 is 14.4 Å². The molecule has 3 fully saturated rings. The summed E-state index contributed by atoms with van der Waals surface area (Å²) in [4.78, 5) is 31.8. The van der Waals surface area contributed by atoms with Crippen molar-refractivity contribution in [2.24, 2.45) is 16.7 Å². The van der Waals surface area contributed by atoms with Gasteiger partial charge in [0, 0.05) is 37.5 Å². The highest BCUT2D eigenvalue weighted by Gasteiger charge is 2.54. The fourth-order valence-electron chi connectivity index (χ4n) is 7.16. The van der Waals surface area contributed by atoms with E-state index >= 15 is 0 Å². The molecule has 224 valence electrons. The van der Waals surface area contributed by atoms with Crippen LogP contribution in [0.15, 0.2) is 59.5 Å². The largest absolute Gasteiger partial charge is 0.495 e. The van der Waals surface area contributed by atoms with Gasteiger partial charge in [0.25, 0.3) is 15.9 Å². The summed E-state index contributed by atoms with van der Waals surface area (Å²) >= 11 is 6.51. The van der Waals surface area contributed by atoms with Crippen LogP contribution in [0.5, 0.6) is 5.75 Å². The second kappa shape index (κ2) is 10.9. The topological polar surface area (TPSA) is 99.3 Å². The first-order valence-corrected chi connectivity index (χ1v) is 16.3. The van der Waals surface area contributed by atoms with E-state index in [2.05, 4.69) is 12.2 Å². The van der Waals surface area contributed by atoms with E-state index in [4.69, 9.17) is 16.3 Å². The molecule has 1 N–H and O–H groups in total. The maximum atomic E-state index is 14.2. The fourth-order valence-corrected chi connectivity index (χ4v) is 8.81. The van der Waals surface area contributed by atoms with Gasteiger partial charge in [-0.15, -0.1) is 0 Å². The van der Waals surface area contributed by atoms with E-state index in [9.17, 15) is 18.0 Å². The zero-order chi connectivity index (χ0) is 29.7. The van der Waals surface area contributed by atoms with Crippen molar-refractivity contribution in [1.29, 1.82) is 0 Å². The number of nitrogens with one attached hydrogen (secondary N) is 1. The van der Waals surface area contributed by atoms with Gasteiger partial charge in [0.1, 0.15) is 5.75 Å². The third kappa shape index (κ3) is 4.87. The maximum absolute atomic E-state index is 14.2. The summed E-state index contributed by atoms with van der Waals surface area (Å²) in [5.41, 5.74) is -0.253. The number of allylic oxidation sites excluding steroid dienone is 1. The Labute approximate surface area is 252 Å². The Morgan fingerprint density at radius 3 is 2.45 bits per heavy atom. The Hall–Kier alpha value is -3.08. The van der Waals surface area contributed by atoms with Crippen LogP contribution in [-0.4, -0.2) is 83.0 Å². The number of ether oxygens (including phenoxy) is 1. The molecule has 0 aliphatic carbocycles. The van der Waals surface area contributed by atoms with Crippen LogP contribution in [-0.2, 0) is 14.8 Å². The number of rotatable bonds is 2. The normalized spacial score (nSPS) is 27.9. The predicted octanol–water partition coefficient (Wildman–Crippen LogP) is 3.79. The first kappa shape index (κ1) is 29.0. The van der Waals surface area contributed by atoms with E-state index in [1.807, 2.05) is 17.1 Å². The van der Waals surface area contributed by atoms with Crippen LogP contribution in [0, 0.1) is 16.7 Å². The van der Waals surface area contributed by atoms with E-state index in [0.29, 0.717) is 44.0 Å². The number of anilines is 1. The SMILES string of the molecule is COc1ccccc1N1C/C=C\CC2(CCNCC2)C(=O)N2C[C@@H]3CN(C[C@]3(C)C2)C(=O)c2cc(ccc2Cl)S1(=O)=O. The van der Waals surface area contributed by atoms with Gasteiger partial charge in [0.2, 0.25) is 5.91 Å². The highest BCUT2D eigenvalue weighted by molar-refractivity contribution is 7.92. The first-order valence-electron chi connectivity index (χ1n) is 14.5. The van der Waals surface area contributed by atoms with E-state index in [-0.39, 0.29) is 45.2 Å². The van der Waals surface area contributed by atoms with Crippen LogP contribution in [0.4, 0.5) is 5.69 Å². The number of piperidine rings is 1. The standard InChI is InChI=1S/C31H37ClN4O5S/c1-30-20-34-18-22(30)19-35(21-30)29(38)31(12-14-33-15-13-31)11-5-6-16-36(26-7-3-4-8-27(26)41-2)42(39,40)23-9-10-25(32)24(17-23)28(34)37/h3-10,17,22,33H,11-16,18-21H2,1-2H3/b6-5-/t22-,30+/m0/s1. The monoisotopic (exact) mass is 612 g/mol. The molecule has 5 heterocycles. The number of benzene rings is 2. The molecule has 0 unspecified atom stereocenters. The summed E-state index contributed by atoms with van der Waals surface area (Å²) in [6, 6.07) is 11.2. The molecule has 0 saturated carbocycles. The van der Waals surface area contributed by atoms with Crippen molar-refractivity contribution in [2.75, 3.05) is 57.2 Å². The predicted molar refractivity (Wildman–Crippen MR) is 161 cm³/mol. The Kier molecular flexibility index (Phi) is 7.52. The van der Waals surface area contributed by atoms with Gasteiger partial charge in [0.05, 0.1) is 40.2 Å². The van der Waals surface area contributed by atoms with Crippen molar-refractivity contribution in [3.05, 3.63) is 65.2 Å². The Bertz CT molecular complexity index is 1540. The number of sulfonamides is 1. The molecule has 5 aliphatic heterocycles. The molecule has 42 heavy (non-hydrogen) atoms. The molecule has 9 nitrogen and oxygen atoms in total. The summed E-state index contributed by atoms with van der Waals surface area (Å²) in [6.07, 6.45) is 5.74. The minimum absolute atomic E-state index is 0.0210. The van der Waals surface area contributed by atoms with Crippen LogP contribution >= 0.6 is 11.6 Å². The lowest BCUT2D eigenvalue weighted by atomic mass is 9.74.